The Morgan fingerprint density at radius 3 is 2.67 bits per heavy atom. The van der Waals surface area contributed by atoms with Crippen molar-refractivity contribution in [3.63, 3.8) is 0 Å². The molecule has 2 aromatic carbocycles. The van der Waals surface area contributed by atoms with Crippen LogP contribution in [0, 0.1) is 13.8 Å². The number of furan rings is 1. The standard InChI is InChI=1S/C23H18ClNO2S3/c1-14-4-3-5-19(15(14)2)25-22(26)20(30-23(25)28)12-18-10-11-21(27-18)29-13-16-6-8-17(24)9-7-16/h3-12H,13H2,1-2H3. The molecule has 3 nitrogen and oxygen atoms in total. The van der Waals surface area contributed by atoms with E-state index in [-0.39, 0.29) is 5.91 Å². The normalized spacial score (nSPS) is 15.4. The molecule has 1 fully saturated rings. The van der Waals surface area contributed by atoms with Crippen molar-refractivity contribution in [2.45, 2.75) is 24.7 Å². The summed E-state index contributed by atoms with van der Waals surface area (Å²) in [5.41, 5.74) is 4.17. The van der Waals surface area contributed by atoms with Gasteiger partial charge in [-0.25, -0.2) is 0 Å². The minimum Gasteiger partial charge on any atom is -0.450 e. The molecular weight excluding hydrogens is 454 g/mol. The molecule has 0 radical (unpaired) electrons. The number of thioether (sulfide) groups is 2. The first-order valence-electron chi connectivity index (χ1n) is 9.23. The van der Waals surface area contributed by atoms with Crippen molar-refractivity contribution in [1.82, 2.24) is 0 Å². The number of hydrogen-bond donors (Lipinski definition) is 0. The molecule has 0 bridgehead atoms. The van der Waals surface area contributed by atoms with Crippen molar-refractivity contribution < 1.29 is 9.21 Å². The SMILES string of the molecule is Cc1cccc(N2C(=O)C(=Cc3ccc(SCc4ccc(Cl)cc4)o3)SC2=S)c1C. The second-order valence-electron chi connectivity index (χ2n) is 6.81. The first-order chi connectivity index (χ1) is 14.4. The number of rotatable bonds is 5. The monoisotopic (exact) mass is 471 g/mol. The van der Waals surface area contributed by atoms with Crippen molar-refractivity contribution in [3.05, 3.63) is 87.0 Å². The van der Waals surface area contributed by atoms with E-state index < -0.39 is 0 Å². The van der Waals surface area contributed by atoms with E-state index in [1.807, 2.05) is 68.4 Å². The molecule has 3 aromatic rings. The van der Waals surface area contributed by atoms with Crippen LogP contribution in [0.3, 0.4) is 0 Å². The van der Waals surface area contributed by atoms with E-state index in [2.05, 4.69) is 0 Å². The number of benzene rings is 2. The van der Waals surface area contributed by atoms with Crippen LogP contribution in [0.5, 0.6) is 0 Å². The molecule has 0 spiro atoms. The summed E-state index contributed by atoms with van der Waals surface area (Å²) in [7, 11) is 0. The van der Waals surface area contributed by atoms with E-state index in [9.17, 15) is 4.79 Å². The third-order valence-corrected chi connectivity index (χ3v) is 7.32. The molecule has 1 aliphatic heterocycles. The van der Waals surface area contributed by atoms with Crippen LogP contribution in [0.1, 0.15) is 22.5 Å². The van der Waals surface area contributed by atoms with E-state index in [0.29, 0.717) is 15.0 Å². The van der Waals surface area contributed by atoms with Gasteiger partial charge in [-0.2, -0.15) is 0 Å². The largest absolute Gasteiger partial charge is 0.450 e. The average Bonchev–Trinajstić information content (AvgIpc) is 3.28. The lowest BCUT2D eigenvalue weighted by Gasteiger charge is -2.18. The molecule has 7 heteroatoms. The molecule has 0 unspecified atom stereocenters. The maximum absolute atomic E-state index is 13.0. The van der Waals surface area contributed by atoms with Crippen molar-refractivity contribution in [1.29, 1.82) is 0 Å². The Bertz CT molecular complexity index is 1150. The number of anilines is 1. The van der Waals surface area contributed by atoms with Crippen LogP contribution in [0.15, 0.2) is 69.0 Å². The van der Waals surface area contributed by atoms with Gasteiger partial charge in [-0.3, -0.25) is 9.69 Å². The Morgan fingerprint density at radius 1 is 1.13 bits per heavy atom. The lowest BCUT2D eigenvalue weighted by Crippen LogP contribution is -2.28. The number of carbonyl (C=O) groups excluding carboxylic acids is 1. The first kappa shape index (κ1) is 21.2. The molecule has 30 heavy (non-hydrogen) atoms. The molecule has 0 N–H and O–H groups in total. The number of amides is 1. The topological polar surface area (TPSA) is 33.5 Å². The maximum Gasteiger partial charge on any atom is 0.270 e. The average molecular weight is 472 g/mol. The summed E-state index contributed by atoms with van der Waals surface area (Å²) in [6, 6.07) is 17.4. The van der Waals surface area contributed by atoms with E-state index in [1.54, 1.807) is 22.7 Å². The molecule has 1 aliphatic rings. The van der Waals surface area contributed by atoms with Crippen LogP contribution in [0.2, 0.25) is 5.02 Å². The van der Waals surface area contributed by atoms with Gasteiger partial charge in [0, 0.05) is 16.9 Å². The summed E-state index contributed by atoms with van der Waals surface area (Å²) in [6.45, 7) is 4.03. The molecule has 152 valence electrons. The number of nitrogens with zero attached hydrogens (tertiary/aromatic N) is 1. The van der Waals surface area contributed by atoms with E-state index >= 15 is 0 Å². The van der Waals surface area contributed by atoms with Crippen LogP contribution in [-0.4, -0.2) is 10.2 Å². The fourth-order valence-electron chi connectivity index (χ4n) is 3.01. The summed E-state index contributed by atoms with van der Waals surface area (Å²) in [4.78, 5) is 15.2. The van der Waals surface area contributed by atoms with Gasteiger partial charge in [-0.05, 0) is 60.9 Å². The highest BCUT2D eigenvalue weighted by Gasteiger charge is 2.34. The quantitative estimate of drug-likeness (QED) is 0.222. The third-order valence-electron chi connectivity index (χ3n) is 4.78. The van der Waals surface area contributed by atoms with Gasteiger partial charge in [-0.15, -0.1) is 0 Å². The van der Waals surface area contributed by atoms with E-state index in [1.165, 1.54) is 11.8 Å². The lowest BCUT2D eigenvalue weighted by atomic mass is 10.1. The van der Waals surface area contributed by atoms with Gasteiger partial charge < -0.3 is 4.42 Å². The van der Waals surface area contributed by atoms with Gasteiger partial charge in [0.1, 0.15) is 5.76 Å². The summed E-state index contributed by atoms with van der Waals surface area (Å²) in [6.07, 6.45) is 1.76. The molecular formula is C23H18ClNO2S3. The van der Waals surface area contributed by atoms with Crippen molar-refractivity contribution >= 4 is 69.3 Å². The van der Waals surface area contributed by atoms with Crippen LogP contribution in [0.25, 0.3) is 6.08 Å². The van der Waals surface area contributed by atoms with E-state index in [4.69, 9.17) is 28.2 Å². The first-order valence-corrected chi connectivity index (χ1v) is 11.8. The van der Waals surface area contributed by atoms with Crippen LogP contribution < -0.4 is 4.90 Å². The molecule has 2 heterocycles. The summed E-state index contributed by atoms with van der Waals surface area (Å²) >= 11 is 14.3. The number of hydrogen-bond acceptors (Lipinski definition) is 5. The van der Waals surface area contributed by atoms with Crippen LogP contribution in [0.4, 0.5) is 5.69 Å². The van der Waals surface area contributed by atoms with Crippen LogP contribution >= 0.6 is 47.3 Å². The van der Waals surface area contributed by atoms with E-state index in [0.717, 1.165) is 38.2 Å². The Hall–Kier alpha value is -1.99. The number of halogens is 1. The summed E-state index contributed by atoms with van der Waals surface area (Å²) < 4.78 is 6.42. The lowest BCUT2D eigenvalue weighted by molar-refractivity contribution is -0.113. The Labute approximate surface area is 194 Å². The zero-order valence-corrected chi connectivity index (χ0v) is 19.6. The number of aryl methyl sites for hydroxylation is 1. The second kappa shape index (κ2) is 9.02. The fraction of sp³-hybridized carbons (Fsp3) is 0.130. The molecule has 0 aliphatic carbocycles. The Kier molecular flexibility index (Phi) is 6.39. The zero-order valence-electron chi connectivity index (χ0n) is 16.3. The van der Waals surface area contributed by atoms with Crippen molar-refractivity contribution in [2.24, 2.45) is 0 Å². The fourth-order valence-corrected chi connectivity index (χ4v) is 5.22. The molecule has 1 amide bonds. The molecule has 0 atom stereocenters. The highest BCUT2D eigenvalue weighted by atomic mass is 35.5. The van der Waals surface area contributed by atoms with Gasteiger partial charge in [0.25, 0.3) is 5.91 Å². The second-order valence-corrected chi connectivity index (χ2v) is 9.90. The van der Waals surface area contributed by atoms with Gasteiger partial charge in [-0.1, -0.05) is 71.6 Å². The third kappa shape index (κ3) is 4.52. The van der Waals surface area contributed by atoms with Gasteiger partial charge in [0.05, 0.1) is 10.6 Å². The summed E-state index contributed by atoms with van der Waals surface area (Å²) in [5.74, 6) is 1.29. The highest BCUT2D eigenvalue weighted by molar-refractivity contribution is 8.27. The molecule has 1 saturated heterocycles. The van der Waals surface area contributed by atoms with Crippen molar-refractivity contribution in [2.75, 3.05) is 4.90 Å². The van der Waals surface area contributed by atoms with Crippen LogP contribution in [-0.2, 0) is 10.5 Å². The molecule has 1 aromatic heterocycles. The number of thiocarbonyl (C=S) groups is 1. The van der Waals surface area contributed by atoms with Gasteiger partial charge >= 0.3 is 0 Å². The summed E-state index contributed by atoms with van der Waals surface area (Å²) in [5, 5.41) is 1.52. The molecule has 0 saturated carbocycles. The minimum absolute atomic E-state index is 0.120. The van der Waals surface area contributed by atoms with Gasteiger partial charge in [0.15, 0.2) is 9.41 Å². The highest BCUT2D eigenvalue weighted by Crippen LogP contribution is 2.38. The number of carbonyl (C=O) groups is 1. The molecule has 4 rings (SSSR count). The zero-order chi connectivity index (χ0) is 21.3. The Balaban J connectivity index is 1.49. The minimum atomic E-state index is -0.120. The Morgan fingerprint density at radius 2 is 1.90 bits per heavy atom. The van der Waals surface area contributed by atoms with Gasteiger partial charge in [0.2, 0.25) is 0 Å². The predicted molar refractivity (Wildman–Crippen MR) is 131 cm³/mol. The smallest absolute Gasteiger partial charge is 0.270 e. The maximum atomic E-state index is 13.0. The van der Waals surface area contributed by atoms with Crippen molar-refractivity contribution in [3.8, 4) is 0 Å². The predicted octanol–water partition coefficient (Wildman–Crippen LogP) is 7.25.